The molecule has 8 atom stereocenters. The smallest absolute Gasteiger partial charge is 0.309 e. The molecule has 0 heterocycles. The molecule has 0 saturated heterocycles. The molecule has 172 valence electrons. The summed E-state index contributed by atoms with van der Waals surface area (Å²) in [5.41, 5.74) is 0.223. The highest BCUT2D eigenvalue weighted by atomic mass is 16.5. The number of ether oxygens (including phenoxy) is 1. The lowest BCUT2D eigenvalue weighted by atomic mass is 9.47. The Morgan fingerprint density at radius 3 is 2.75 bits per heavy atom. The van der Waals surface area contributed by atoms with Crippen molar-refractivity contribution in [3.63, 3.8) is 0 Å². The minimum Gasteiger partial charge on any atom is -0.465 e. The molecule has 6 heteroatoms. The maximum atomic E-state index is 13.2. The molecule has 0 aromatic heterocycles. The number of carbonyl (C=O) groups excluding carboxylic acids is 3. The van der Waals surface area contributed by atoms with Crippen LogP contribution in [0.2, 0.25) is 0 Å². The fourth-order valence-electron chi connectivity index (χ4n) is 7.86. The maximum Gasteiger partial charge on any atom is 0.309 e. The Labute approximate surface area is 192 Å². The van der Waals surface area contributed by atoms with Crippen molar-refractivity contribution < 1.29 is 24.2 Å². The van der Waals surface area contributed by atoms with Gasteiger partial charge >= 0.3 is 5.97 Å². The molecule has 3 saturated carbocycles. The second-order valence-electron chi connectivity index (χ2n) is 11.1. The van der Waals surface area contributed by atoms with E-state index in [-0.39, 0.29) is 46.0 Å². The molecular weight excluding hydrogens is 403 g/mol. The zero-order chi connectivity index (χ0) is 23.3. The van der Waals surface area contributed by atoms with E-state index >= 15 is 0 Å². The number of aliphatic hydroxyl groups is 1. The van der Waals surface area contributed by atoms with Crippen LogP contribution in [0, 0.1) is 40.4 Å². The quantitative estimate of drug-likeness (QED) is 0.390. The SMILES string of the molecule is [B]C(=O)CCCCOC(=O)[C@H]1[C@H](C)CC2C3CCC4=CC(=O)C=CC4(C)C3[C@@H](O)CC21C. The molecule has 0 aromatic rings. The molecule has 1 N–H and O–H groups in total. The lowest BCUT2D eigenvalue weighted by Crippen LogP contribution is -2.56. The highest BCUT2D eigenvalue weighted by Gasteiger charge is 2.64. The van der Waals surface area contributed by atoms with Gasteiger partial charge in [0.05, 0.1) is 24.3 Å². The average molecular weight is 438 g/mol. The van der Waals surface area contributed by atoms with Crippen molar-refractivity contribution in [3.05, 3.63) is 23.8 Å². The largest absolute Gasteiger partial charge is 0.465 e. The molecule has 0 amide bonds. The summed E-state index contributed by atoms with van der Waals surface area (Å²) in [5, 5.41) is 11.4. The Morgan fingerprint density at radius 1 is 1.28 bits per heavy atom. The van der Waals surface area contributed by atoms with Crippen molar-refractivity contribution in [2.75, 3.05) is 6.61 Å². The topological polar surface area (TPSA) is 80.7 Å². The molecular formula is C26H35BO5. The first kappa shape index (κ1) is 23.5. The Hall–Kier alpha value is -1.69. The minimum absolute atomic E-state index is 0.0409. The summed E-state index contributed by atoms with van der Waals surface area (Å²) >= 11 is 0. The Kier molecular flexibility index (Phi) is 6.30. The molecule has 0 aromatic carbocycles. The lowest BCUT2D eigenvalue weighted by molar-refractivity contribution is -0.162. The number of allylic oxidation sites excluding steroid dienone is 4. The third-order valence-corrected chi connectivity index (χ3v) is 9.15. The first-order valence-corrected chi connectivity index (χ1v) is 12.1. The molecule has 4 aliphatic carbocycles. The highest BCUT2D eigenvalue weighted by molar-refractivity contribution is 6.57. The molecule has 5 unspecified atom stereocenters. The van der Waals surface area contributed by atoms with Crippen molar-refractivity contribution in [2.45, 2.75) is 71.8 Å². The van der Waals surface area contributed by atoms with Crippen molar-refractivity contribution >= 4 is 25.3 Å². The van der Waals surface area contributed by atoms with E-state index in [0.29, 0.717) is 44.1 Å². The van der Waals surface area contributed by atoms with Crippen LogP contribution in [0.25, 0.3) is 0 Å². The van der Waals surface area contributed by atoms with Gasteiger partial charge in [-0.2, -0.15) is 0 Å². The van der Waals surface area contributed by atoms with Crippen LogP contribution in [0.1, 0.15) is 65.7 Å². The van der Waals surface area contributed by atoms with Crippen molar-refractivity contribution in [2.24, 2.45) is 40.4 Å². The number of esters is 1. The number of fused-ring (bicyclic) bond motifs is 5. The van der Waals surface area contributed by atoms with E-state index in [1.54, 1.807) is 12.2 Å². The van der Waals surface area contributed by atoms with Crippen LogP contribution in [0.15, 0.2) is 23.8 Å². The fraction of sp³-hybridized carbons (Fsp3) is 0.731. The van der Waals surface area contributed by atoms with E-state index in [2.05, 4.69) is 20.8 Å². The lowest BCUT2D eigenvalue weighted by Gasteiger charge is -2.58. The second-order valence-corrected chi connectivity index (χ2v) is 11.1. The Bertz CT molecular complexity index is 862. The van der Waals surface area contributed by atoms with E-state index in [4.69, 9.17) is 12.6 Å². The number of carbonyl (C=O) groups is 3. The monoisotopic (exact) mass is 438 g/mol. The van der Waals surface area contributed by atoms with Gasteiger partial charge in [-0.3, -0.25) is 9.59 Å². The fourth-order valence-corrected chi connectivity index (χ4v) is 7.86. The molecule has 3 fully saturated rings. The number of hydrogen-bond acceptors (Lipinski definition) is 5. The standard InChI is InChI=1S/C26H35BO5/c1-15-12-19-18-8-7-16-13-17(28)9-10-25(16,2)23(18)20(29)14-26(19,3)22(15)24(31)32-11-5-4-6-21(27)30/h9-10,13,15,18-20,22-23,29H,4-8,11-12,14H2,1-3H3/t15-,18?,19?,20+,22-,23?,25?,26?/m1/s1. The van der Waals surface area contributed by atoms with Crippen LogP contribution in [-0.2, 0) is 19.1 Å². The van der Waals surface area contributed by atoms with Gasteiger partial charge in [0.15, 0.2) is 13.6 Å². The first-order chi connectivity index (χ1) is 15.1. The average Bonchev–Trinajstić information content (AvgIpc) is 2.97. The molecule has 0 aliphatic heterocycles. The molecule has 5 nitrogen and oxygen atoms in total. The van der Waals surface area contributed by atoms with E-state index in [1.165, 1.54) is 0 Å². The third-order valence-electron chi connectivity index (χ3n) is 9.15. The second kappa shape index (κ2) is 8.59. The van der Waals surface area contributed by atoms with Gasteiger partial charge in [-0.1, -0.05) is 32.4 Å². The molecule has 2 radical (unpaired) electrons. The predicted octanol–water partition coefficient (Wildman–Crippen LogP) is 3.54. The van der Waals surface area contributed by atoms with Gasteiger partial charge in [0.1, 0.15) is 0 Å². The van der Waals surface area contributed by atoms with Crippen LogP contribution in [0.5, 0.6) is 0 Å². The zero-order valence-electron chi connectivity index (χ0n) is 19.5. The Balaban J connectivity index is 1.51. The van der Waals surface area contributed by atoms with Crippen molar-refractivity contribution in [3.8, 4) is 0 Å². The number of unbranched alkanes of at least 4 members (excludes halogenated alkanes) is 1. The summed E-state index contributed by atoms with van der Waals surface area (Å²) in [5.74, 6) is 0.579. The van der Waals surface area contributed by atoms with Crippen molar-refractivity contribution in [1.82, 2.24) is 0 Å². The van der Waals surface area contributed by atoms with Gasteiger partial charge in [0.2, 0.25) is 0 Å². The minimum atomic E-state index is -0.524. The summed E-state index contributed by atoms with van der Waals surface area (Å²) in [6, 6.07) is 0. The van der Waals surface area contributed by atoms with Gasteiger partial charge in [0, 0.05) is 11.3 Å². The van der Waals surface area contributed by atoms with Gasteiger partial charge in [-0.25, -0.2) is 0 Å². The normalized spacial score (nSPS) is 42.5. The van der Waals surface area contributed by atoms with Crippen LogP contribution >= 0.6 is 0 Å². The van der Waals surface area contributed by atoms with Gasteiger partial charge in [0.25, 0.3) is 0 Å². The molecule has 0 bridgehead atoms. The van der Waals surface area contributed by atoms with E-state index < -0.39 is 6.10 Å². The highest BCUT2D eigenvalue weighted by Crippen LogP contribution is 2.67. The van der Waals surface area contributed by atoms with E-state index in [9.17, 15) is 19.5 Å². The van der Waals surface area contributed by atoms with E-state index in [1.807, 2.05) is 6.08 Å². The molecule has 4 rings (SSSR count). The molecule has 4 aliphatic rings. The van der Waals surface area contributed by atoms with Crippen LogP contribution in [0.4, 0.5) is 0 Å². The summed E-state index contributed by atoms with van der Waals surface area (Å²) in [7, 11) is 5.17. The summed E-state index contributed by atoms with van der Waals surface area (Å²) < 4.78 is 5.65. The summed E-state index contributed by atoms with van der Waals surface area (Å²) in [6.45, 7) is 6.78. The van der Waals surface area contributed by atoms with Crippen LogP contribution < -0.4 is 0 Å². The van der Waals surface area contributed by atoms with Gasteiger partial charge in [-0.05, 0) is 80.3 Å². The third kappa shape index (κ3) is 3.83. The van der Waals surface area contributed by atoms with Crippen LogP contribution in [-0.4, -0.2) is 43.1 Å². The Morgan fingerprint density at radius 2 is 2.03 bits per heavy atom. The number of rotatable bonds is 6. The van der Waals surface area contributed by atoms with Gasteiger partial charge in [-0.15, -0.1) is 0 Å². The first-order valence-electron chi connectivity index (χ1n) is 12.1. The number of aliphatic hydroxyl groups excluding tert-OH is 1. The van der Waals surface area contributed by atoms with E-state index in [0.717, 1.165) is 24.8 Å². The molecule has 32 heavy (non-hydrogen) atoms. The summed E-state index contributed by atoms with van der Waals surface area (Å²) in [4.78, 5) is 36.0. The number of hydrogen-bond donors (Lipinski definition) is 1. The number of ketones is 1. The van der Waals surface area contributed by atoms with Crippen LogP contribution in [0.3, 0.4) is 0 Å². The molecule has 0 spiro atoms. The summed E-state index contributed by atoms with van der Waals surface area (Å²) in [6.07, 6.45) is 9.84. The maximum absolute atomic E-state index is 13.2. The predicted molar refractivity (Wildman–Crippen MR) is 122 cm³/mol. The van der Waals surface area contributed by atoms with Crippen molar-refractivity contribution in [1.29, 1.82) is 0 Å². The van der Waals surface area contributed by atoms with Gasteiger partial charge < -0.3 is 14.6 Å². The zero-order valence-corrected chi connectivity index (χ0v) is 19.5.